The van der Waals surface area contributed by atoms with Crippen molar-refractivity contribution < 1.29 is 0 Å². The second-order valence-corrected chi connectivity index (χ2v) is 6.00. The number of likely N-dealkylation sites (tertiary alicyclic amines) is 1. The van der Waals surface area contributed by atoms with Gasteiger partial charge in [0.2, 0.25) is 0 Å². The highest BCUT2D eigenvalue weighted by atomic mass is 15.2. The number of anilines is 1. The SMILES string of the molecule is Cc1c(N)cccc1CN1CCCC2CCCC21. The summed E-state index contributed by atoms with van der Waals surface area (Å²) in [5.41, 5.74) is 9.65. The van der Waals surface area contributed by atoms with Crippen LogP contribution < -0.4 is 5.73 Å². The minimum Gasteiger partial charge on any atom is -0.399 e. The van der Waals surface area contributed by atoms with E-state index in [0.717, 1.165) is 24.2 Å². The Morgan fingerprint density at radius 1 is 1.22 bits per heavy atom. The molecule has 1 aromatic carbocycles. The first-order valence-corrected chi connectivity index (χ1v) is 7.33. The average Bonchev–Trinajstić information content (AvgIpc) is 2.84. The first kappa shape index (κ1) is 12.0. The molecule has 2 nitrogen and oxygen atoms in total. The Morgan fingerprint density at radius 2 is 2.06 bits per heavy atom. The second kappa shape index (κ2) is 4.93. The van der Waals surface area contributed by atoms with Crippen molar-refractivity contribution in [2.45, 2.75) is 51.6 Å². The Morgan fingerprint density at radius 3 is 2.94 bits per heavy atom. The fraction of sp³-hybridized carbons (Fsp3) is 0.625. The molecule has 0 radical (unpaired) electrons. The smallest absolute Gasteiger partial charge is 0.0346 e. The van der Waals surface area contributed by atoms with Crippen LogP contribution in [0.5, 0.6) is 0 Å². The van der Waals surface area contributed by atoms with E-state index in [4.69, 9.17) is 5.73 Å². The minimum atomic E-state index is 0.847. The van der Waals surface area contributed by atoms with Crippen LogP contribution in [-0.4, -0.2) is 17.5 Å². The summed E-state index contributed by atoms with van der Waals surface area (Å²) in [5.74, 6) is 0.972. The monoisotopic (exact) mass is 244 g/mol. The van der Waals surface area contributed by atoms with Crippen molar-refractivity contribution in [1.29, 1.82) is 0 Å². The Kier molecular flexibility index (Phi) is 3.29. The number of rotatable bonds is 2. The molecule has 2 fully saturated rings. The van der Waals surface area contributed by atoms with Crippen LogP contribution in [0, 0.1) is 12.8 Å². The third kappa shape index (κ3) is 2.14. The third-order valence-corrected chi connectivity index (χ3v) is 4.97. The van der Waals surface area contributed by atoms with Crippen LogP contribution >= 0.6 is 0 Å². The van der Waals surface area contributed by atoms with Gasteiger partial charge in [0.1, 0.15) is 0 Å². The Labute approximate surface area is 110 Å². The van der Waals surface area contributed by atoms with Crippen LogP contribution in [0.25, 0.3) is 0 Å². The van der Waals surface area contributed by atoms with Crippen molar-refractivity contribution >= 4 is 5.69 Å². The number of hydrogen-bond donors (Lipinski definition) is 1. The summed E-state index contributed by atoms with van der Waals surface area (Å²) >= 11 is 0. The summed E-state index contributed by atoms with van der Waals surface area (Å²) in [7, 11) is 0. The average molecular weight is 244 g/mol. The maximum Gasteiger partial charge on any atom is 0.0346 e. The number of nitrogens with zero attached hydrogens (tertiary/aromatic N) is 1. The van der Waals surface area contributed by atoms with Crippen molar-refractivity contribution in [3.8, 4) is 0 Å². The molecule has 0 bridgehead atoms. The molecule has 98 valence electrons. The summed E-state index contributed by atoms with van der Waals surface area (Å²) in [5, 5.41) is 0. The van der Waals surface area contributed by atoms with Gasteiger partial charge in [-0.1, -0.05) is 18.6 Å². The topological polar surface area (TPSA) is 29.3 Å². The molecule has 0 amide bonds. The second-order valence-electron chi connectivity index (χ2n) is 6.00. The van der Waals surface area contributed by atoms with Gasteiger partial charge in [-0.05, 0) is 62.3 Å². The predicted octanol–water partition coefficient (Wildman–Crippen LogP) is 3.34. The molecule has 1 aliphatic heterocycles. The zero-order valence-corrected chi connectivity index (χ0v) is 11.4. The largest absolute Gasteiger partial charge is 0.399 e. The van der Waals surface area contributed by atoms with Gasteiger partial charge in [0, 0.05) is 18.3 Å². The molecule has 1 aliphatic carbocycles. The molecule has 0 aromatic heterocycles. The molecule has 1 saturated carbocycles. The number of benzene rings is 1. The lowest BCUT2D eigenvalue weighted by atomic mass is 9.91. The van der Waals surface area contributed by atoms with E-state index >= 15 is 0 Å². The maximum atomic E-state index is 6.01. The number of nitrogen functional groups attached to an aromatic ring is 1. The van der Waals surface area contributed by atoms with Crippen LogP contribution in [0.2, 0.25) is 0 Å². The lowest BCUT2D eigenvalue weighted by molar-refractivity contribution is 0.105. The highest BCUT2D eigenvalue weighted by molar-refractivity contribution is 5.49. The molecule has 0 spiro atoms. The summed E-state index contributed by atoms with van der Waals surface area (Å²) in [6.07, 6.45) is 7.13. The Balaban J connectivity index is 1.77. The van der Waals surface area contributed by atoms with Gasteiger partial charge in [0.15, 0.2) is 0 Å². The molecule has 2 unspecified atom stereocenters. The van der Waals surface area contributed by atoms with Gasteiger partial charge in [0.05, 0.1) is 0 Å². The van der Waals surface area contributed by atoms with Crippen molar-refractivity contribution in [3.05, 3.63) is 29.3 Å². The molecular formula is C16H24N2. The normalized spacial score (nSPS) is 28.3. The molecule has 1 aromatic rings. The van der Waals surface area contributed by atoms with E-state index in [1.807, 2.05) is 6.07 Å². The molecule has 2 atom stereocenters. The highest BCUT2D eigenvalue weighted by Gasteiger charge is 2.34. The van der Waals surface area contributed by atoms with Crippen LogP contribution in [0.1, 0.15) is 43.2 Å². The van der Waals surface area contributed by atoms with E-state index in [1.54, 1.807) is 0 Å². The molecule has 2 N–H and O–H groups in total. The molecule has 1 saturated heterocycles. The van der Waals surface area contributed by atoms with Gasteiger partial charge in [-0.2, -0.15) is 0 Å². The summed E-state index contributed by atoms with van der Waals surface area (Å²) < 4.78 is 0. The van der Waals surface area contributed by atoms with E-state index in [0.29, 0.717) is 0 Å². The molecule has 2 heteroatoms. The fourth-order valence-electron chi connectivity index (χ4n) is 3.85. The van der Waals surface area contributed by atoms with Gasteiger partial charge < -0.3 is 5.73 Å². The van der Waals surface area contributed by atoms with E-state index in [2.05, 4.69) is 24.0 Å². The first-order chi connectivity index (χ1) is 8.75. The van der Waals surface area contributed by atoms with Crippen LogP contribution in [0.3, 0.4) is 0 Å². The minimum absolute atomic E-state index is 0.847. The molecular weight excluding hydrogens is 220 g/mol. The van der Waals surface area contributed by atoms with Crippen molar-refractivity contribution in [2.24, 2.45) is 5.92 Å². The zero-order valence-electron chi connectivity index (χ0n) is 11.4. The van der Waals surface area contributed by atoms with Crippen LogP contribution in [0.15, 0.2) is 18.2 Å². The molecule has 3 rings (SSSR count). The number of hydrogen-bond acceptors (Lipinski definition) is 2. The highest BCUT2D eigenvalue weighted by Crippen LogP contribution is 2.37. The molecule has 2 aliphatic rings. The van der Waals surface area contributed by atoms with E-state index < -0.39 is 0 Å². The summed E-state index contributed by atoms with van der Waals surface area (Å²) in [6, 6.07) is 7.19. The van der Waals surface area contributed by atoms with Gasteiger partial charge in [-0.25, -0.2) is 0 Å². The summed E-state index contributed by atoms with van der Waals surface area (Å²) in [6.45, 7) is 4.52. The third-order valence-electron chi connectivity index (χ3n) is 4.97. The van der Waals surface area contributed by atoms with Crippen molar-refractivity contribution in [1.82, 2.24) is 4.90 Å². The molecule has 18 heavy (non-hydrogen) atoms. The van der Waals surface area contributed by atoms with Crippen molar-refractivity contribution in [3.63, 3.8) is 0 Å². The Hall–Kier alpha value is -1.02. The van der Waals surface area contributed by atoms with Crippen LogP contribution in [0.4, 0.5) is 5.69 Å². The molecule has 1 heterocycles. The van der Waals surface area contributed by atoms with Gasteiger partial charge >= 0.3 is 0 Å². The lowest BCUT2D eigenvalue weighted by Gasteiger charge is -2.38. The van der Waals surface area contributed by atoms with Gasteiger partial charge in [-0.15, -0.1) is 0 Å². The Bertz CT molecular complexity index is 427. The van der Waals surface area contributed by atoms with Crippen LogP contribution in [-0.2, 0) is 6.54 Å². The van der Waals surface area contributed by atoms with E-state index in [-0.39, 0.29) is 0 Å². The standard InChI is InChI=1S/C16H24N2/c1-12-14(6-2-8-15(12)17)11-18-10-4-7-13-5-3-9-16(13)18/h2,6,8,13,16H,3-5,7,9-11,17H2,1H3. The zero-order chi connectivity index (χ0) is 12.5. The first-order valence-electron chi connectivity index (χ1n) is 7.33. The van der Waals surface area contributed by atoms with E-state index in [1.165, 1.54) is 49.8 Å². The van der Waals surface area contributed by atoms with Crippen molar-refractivity contribution in [2.75, 3.05) is 12.3 Å². The number of nitrogens with two attached hydrogens (primary N) is 1. The number of fused-ring (bicyclic) bond motifs is 1. The summed E-state index contributed by atoms with van der Waals surface area (Å²) in [4.78, 5) is 2.71. The quantitative estimate of drug-likeness (QED) is 0.808. The van der Waals surface area contributed by atoms with Gasteiger partial charge in [-0.3, -0.25) is 4.90 Å². The van der Waals surface area contributed by atoms with E-state index in [9.17, 15) is 0 Å². The van der Waals surface area contributed by atoms with Gasteiger partial charge in [0.25, 0.3) is 0 Å². The maximum absolute atomic E-state index is 6.01. The number of piperidine rings is 1. The fourth-order valence-corrected chi connectivity index (χ4v) is 3.85. The predicted molar refractivity (Wildman–Crippen MR) is 76.4 cm³/mol. The lowest BCUT2D eigenvalue weighted by Crippen LogP contribution is -2.42.